The van der Waals surface area contributed by atoms with Crippen LogP contribution in [0.4, 0.5) is 5.69 Å². The van der Waals surface area contributed by atoms with E-state index < -0.39 is 0 Å². The second-order valence-corrected chi connectivity index (χ2v) is 4.80. The molecule has 1 aromatic rings. The molecule has 2 rings (SSSR count). The second-order valence-electron chi connectivity index (χ2n) is 4.80. The van der Waals surface area contributed by atoms with Crippen molar-refractivity contribution in [3.63, 3.8) is 0 Å². The van der Waals surface area contributed by atoms with E-state index in [1.54, 1.807) is 12.3 Å². The molecular formula is C17H19NO. The van der Waals surface area contributed by atoms with E-state index in [0.717, 1.165) is 24.1 Å². The highest BCUT2D eigenvalue weighted by atomic mass is 16.1. The van der Waals surface area contributed by atoms with E-state index in [0.29, 0.717) is 0 Å². The summed E-state index contributed by atoms with van der Waals surface area (Å²) in [6.07, 6.45) is 11.2. The Kier molecular flexibility index (Phi) is 4.35. The van der Waals surface area contributed by atoms with Crippen molar-refractivity contribution in [2.45, 2.75) is 26.7 Å². The predicted octanol–water partition coefficient (Wildman–Crippen LogP) is 4.07. The lowest BCUT2D eigenvalue weighted by Gasteiger charge is -2.06. The number of anilines is 1. The van der Waals surface area contributed by atoms with Crippen LogP contribution in [0.3, 0.4) is 0 Å². The standard InChI is InChI=1S/C17H19NO/c1-13-8-9-14(2)16(12-13)18-11-10-17(19)15-6-4-3-5-7-15/h4,6-12,18H,3,5H2,1-2H3/b11-10+. The predicted molar refractivity (Wildman–Crippen MR) is 80.1 cm³/mol. The lowest BCUT2D eigenvalue weighted by molar-refractivity contribution is -0.111. The van der Waals surface area contributed by atoms with Crippen molar-refractivity contribution >= 4 is 11.5 Å². The first-order valence-electron chi connectivity index (χ1n) is 6.58. The van der Waals surface area contributed by atoms with Gasteiger partial charge in [-0.2, -0.15) is 0 Å². The van der Waals surface area contributed by atoms with Crippen molar-refractivity contribution in [2.75, 3.05) is 5.32 Å². The number of hydrogen-bond acceptors (Lipinski definition) is 2. The number of allylic oxidation sites excluding steroid dienone is 5. The van der Waals surface area contributed by atoms with Crippen LogP contribution in [0.2, 0.25) is 0 Å². The van der Waals surface area contributed by atoms with Gasteiger partial charge in [0, 0.05) is 23.5 Å². The molecule has 0 saturated carbocycles. The van der Waals surface area contributed by atoms with Gasteiger partial charge in [-0.15, -0.1) is 0 Å². The van der Waals surface area contributed by atoms with E-state index in [9.17, 15) is 4.79 Å². The summed E-state index contributed by atoms with van der Waals surface area (Å²) in [7, 11) is 0. The number of benzene rings is 1. The Morgan fingerprint density at radius 1 is 1.26 bits per heavy atom. The molecule has 0 fully saturated rings. The lowest BCUT2D eigenvalue weighted by Crippen LogP contribution is -2.00. The van der Waals surface area contributed by atoms with Gasteiger partial charge >= 0.3 is 0 Å². The van der Waals surface area contributed by atoms with Crippen molar-refractivity contribution in [1.82, 2.24) is 0 Å². The summed E-state index contributed by atoms with van der Waals surface area (Å²) >= 11 is 0. The molecule has 0 spiro atoms. The van der Waals surface area contributed by atoms with Gasteiger partial charge in [0.05, 0.1) is 0 Å². The fourth-order valence-electron chi connectivity index (χ4n) is 1.99. The van der Waals surface area contributed by atoms with E-state index >= 15 is 0 Å². The van der Waals surface area contributed by atoms with Crippen LogP contribution >= 0.6 is 0 Å². The van der Waals surface area contributed by atoms with Gasteiger partial charge in [-0.1, -0.05) is 30.4 Å². The van der Waals surface area contributed by atoms with Gasteiger partial charge in [0.1, 0.15) is 0 Å². The zero-order valence-electron chi connectivity index (χ0n) is 11.4. The lowest BCUT2D eigenvalue weighted by atomic mass is 10.0. The maximum Gasteiger partial charge on any atom is 0.186 e. The summed E-state index contributed by atoms with van der Waals surface area (Å²) in [5.41, 5.74) is 4.19. The molecule has 0 unspecified atom stereocenters. The minimum atomic E-state index is 0.0498. The van der Waals surface area contributed by atoms with Crippen molar-refractivity contribution < 1.29 is 4.79 Å². The zero-order valence-corrected chi connectivity index (χ0v) is 11.4. The molecule has 1 aromatic carbocycles. The number of carbonyl (C=O) groups is 1. The summed E-state index contributed by atoms with van der Waals surface area (Å²) in [5.74, 6) is 0.0498. The van der Waals surface area contributed by atoms with Crippen molar-refractivity contribution in [1.29, 1.82) is 0 Å². The number of aryl methyl sites for hydroxylation is 2. The van der Waals surface area contributed by atoms with Crippen LogP contribution < -0.4 is 5.32 Å². The minimum absolute atomic E-state index is 0.0498. The summed E-state index contributed by atoms with van der Waals surface area (Å²) in [6.45, 7) is 4.10. The van der Waals surface area contributed by atoms with Crippen LogP contribution in [0.25, 0.3) is 0 Å². The summed E-state index contributed by atoms with van der Waals surface area (Å²) in [4.78, 5) is 11.9. The highest BCUT2D eigenvalue weighted by Gasteiger charge is 2.04. The van der Waals surface area contributed by atoms with Gasteiger partial charge < -0.3 is 5.32 Å². The Morgan fingerprint density at radius 2 is 2.11 bits per heavy atom. The van der Waals surface area contributed by atoms with Gasteiger partial charge in [-0.05, 0) is 43.9 Å². The molecule has 0 aromatic heterocycles. The number of rotatable bonds is 4. The first kappa shape index (κ1) is 13.3. The molecule has 98 valence electrons. The third-order valence-corrected chi connectivity index (χ3v) is 3.15. The average molecular weight is 253 g/mol. The van der Waals surface area contributed by atoms with Gasteiger partial charge in [-0.25, -0.2) is 0 Å². The molecule has 2 heteroatoms. The second kappa shape index (κ2) is 6.19. The van der Waals surface area contributed by atoms with Crippen molar-refractivity contribution in [3.05, 3.63) is 65.4 Å². The van der Waals surface area contributed by atoms with Crippen LogP contribution in [0.5, 0.6) is 0 Å². The van der Waals surface area contributed by atoms with E-state index in [1.807, 2.05) is 25.2 Å². The summed E-state index contributed by atoms with van der Waals surface area (Å²) < 4.78 is 0. The number of hydrogen-bond donors (Lipinski definition) is 1. The first-order valence-corrected chi connectivity index (χ1v) is 6.58. The molecule has 0 aliphatic heterocycles. The van der Waals surface area contributed by atoms with Gasteiger partial charge in [0.15, 0.2) is 5.78 Å². The monoisotopic (exact) mass is 253 g/mol. The number of ketones is 1. The Bertz CT molecular complexity index is 565. The molecule has 0 radical (unpaired) electrons. The van der Waals surface area contributed by atoms with E-state index in [4.69, 9.17) is 0 Å². The Labute approximate surface area is 114 Å². The molecule has 1 N–H and O–H groups in total. The molecular weight excluding hydrogens is 234 g/mol. The highest BCUT2D eigenvalue weighted by Crippen LogP contribution is 2.16. The Hall–Kier alpha value is -2.09. The van der Waals surface area contributed by atoms with Crippen LogP contribution in [-0.2, 0) is 4.79 Å². The van der Waals surface area contributed by atoms with E-state index in [2.05, 4.69) is 30.4 Å². The Morgan fingerprint density at radius 3 is 2.84 bits per heavy atom. The average Bonchev–Trinajstić information content (AvgIpc) is 2.43. The molecule has 0 heterocycles. The van der Waals surface area contributed by atoms with E-state index in [1.165, 1.54) is 11.1 Å². The molecule has 0 saturated heterocycles. The van der Waals surface area contributed by atoms with Crippen LogP contribution in [0, 0.1) is 13.8 Å². The maximum atomic E-state index is 11.9. The zero-order chi connectivity index (χ0) is 13.7. The van der Waals surface area contributed by atoms with Crippen LogP contribution in [0.1, 0.15) is 24.0 Å². The number of nitrogens with one attached hydrogen (secondary N) is 1. The molecule has 1 aliphatic carbocycles. The van der Waals surface area contributed by atoms with E-state index in [-0.39, 0.29) is 5.78 Å². The molecule has 0 bridgehead atoms. The highest BCUT2D eigenvalue weighted by molar-refractivity contribution is 6.06. The SMILES string of the molecule is Cc1ccc(C)c(N/C=C/C(=O)C2=CCCC=C2)c1. The summed E-state index contributed by atoms with van der Waals surface area (Å²) in [5, 5.41) is 3.17. The van der Waals surface area contributed by atoms with Gasteiger partial charge in [-0.3, -0.25) is 4.79 Å². The van der Waals surface area contributed by atoms with Crippen molar-refractivity contribution in [3.8, 4) is 0 Å². The largest absolute Gasteiger partial charge is 0.361 e. The number of carbonyl (C=O) groups excluding carboxylic acids is 1. The maximum absolute atomic E-state index is 11.9. The fraction of sp³-hybridized carbons (Fsp3) is 0.235. The Balaban J connectivity index is 2.00. The normalized spacial score (nSPS) is 14.5. The third-order valence-electron chi connectivity index (χ3n) is 3.15. The van der Waals surface area contributed by atoms with Gasteiger partial charge in [0.2, 0.25) is 0 Å². The van der Waals surface area contributed by atoms with Gasteiger partial charge in [0.25, 0.3) is 0 Å². The first-order chi connectivity index (χ1) is 9.16. The fourth-order valence-corrected chi connectivity index (χ4v) is 1.99. The van der Waals surface area contributed by atoms with Crippen LogP contribution in [-0.4, -0.2) is 5.78 Å². The molecule has 0 amide bonds. The molecule has 1 aliphatic rings. The quantitative estimate of drug-likeness (QED) is 0.819. The minimum Gasteiger partial charge on any atom is -0.361 e. The molecule has 0 atom stereocenters. The topological polar surface area (TPSA) is 29.1 Å². The van der Waals surface area contributed by atoms with Crippen molar-refractivity contribution in [2.24, 2.45) is 0 Å². The summed E-state index contributed by atoms with van der Waals surface area (Å²) in [6, 6.07) is 6.22. The molecule has 19 heavy (non-hydrogen) atoms. The smallest absolute Gasteiger partial charge is 0.186 e. The molecule has 2 nitrogen and oxygen atoms in total. The van der Waals surface area contributed by atoms with Crippen LogP contribution in [0.15, 0.2) is 54.3 Å². The third kappa shape index (κ3) is 3.68.